The van der Waals surface area contributed by atoms with Crippen LogP contribution in [0.2, 0.25) is 0 Å². The number of carbonyl (C=O) groups is 2. The molecular formula is C23H30N2O4. The zero-order valence-electron chi connectivity index (χ0n) is 17.6. The Balaban J connectivity index is 2.08. The standard InChI is InChI=1S/C23H30N2O4/c1-5-20(29-21-13-8-10-16(2)17(21)3)23(27)25-19-12-7-6-11-18(19)22(26)24-14-9-15-28-4/h6-8,10-13,20H,5,9,14-15H2,1-4H3,(H,24,26)(H,25,27)/t20-/m0/s1. The summed E-state index contributed by atoms with van der Waals surface area (Å²) < 4.78 is 11.0. The van der Waals surface area contributed by atoms with Crippen molar-refractivity contribution in [2.24, 2.45) is 0 Å². The van der Waals surface area contributed by atoms with Gasteiger partial charge >= 0.3 is 0 Å². The molecule has 2 N–H and O–H groups in total. The Hall–Kier alpha value is -2.86. The summed E-state index contributed by atoms with van der Waals surface area (Å²) in [4.78, 5) is 25.3. The van der Waals surface area contributed by atoms with Crippen molar-refractivity contribution in [3.05, 3.63) is 59.2 Å². The van der Waals surface area contributed by atoms with Gasteiger partial charge in [0.05, 0.1) is 11.3 Å². The molecule has 1 atom stereocenters. The largest absolute Gasteiger partial charge is 0.480 e. The van der Waals surface area contributed by atoms with Crippen molar-refractivity contribution in [1.29, 1.82) is 0 Å². The van der Waals surface area contributed by atoms with Crippen LogP contribution in [0.1, 0.15) is 41.3 Å². The molecule has 0 saturated carbocycles. The molecule has 0 aliphatic rings. The van der Waals surface area contributed by atoms with E-state index in [1.165, 1.54) is 0 Å². The number of para-hydroxylation sites is 1. The summed E-state index contributed by atoms with van der Waals surface area (Å²) >= 11 is 0. The highest BCUT2D eigenvalue weighted by Crippen LogP contribution is 2.23. The topological polar surface area (TPSA) is 76.7 Å². The molecule has 0 spiro atoms. The normalized spacial score (nSPS) is 11.6. The number of rotatable bonds is 10. The molecule has 0 aliphatic carbocycles. The van der Waals surface area contributed by atoms with E-state index in [9.17, 15) is 9.59 Å². The van der Waals surface area contributed by atoms with Crippen molar-refractivity contribution in [3.63, 3.8) is 0 Å². The van der Waals surface area contributed by atoms with Gasteiger partial charge in [-0.05, 0) is 56.0 Å². The third kappa shape index (κ3) is 6.32. The van der Waals surface area contributed by atoms with Crippen molar-refractivity contribution in [1.82, 2.24) is 5.32 Å². The number of nitrogens with one attached hydrogen (secondary N) is 2. The number of methoxy groups -OCH3 is 1. The molecule has 0 aliphatic heterocycles. The Morgan fingerprint density at radius 3 is 2.55 bits per heavy atom. The Morgan fingerprint density at radius 1 is 1.07 bits per heavy atom. The van der Waals surface area contributed by atoms with Gasteiger partial charge in [0.1, 0.15) is 5.75 Å². The van der Waals surface area contributed by atoms with Gasteiger partial charge in [0.15, 0.2) is 6.10 Å². The first-order valence-electron chi connectivity index (χ1n) is 9.87. The van der Waals surface area contributed by atoms with Crippen LogP contribution in [-0.2, 0) is 9.53 Å². The molecule has 0 bridgehead atoms. The first-order chi connectivity index (χ1) is 14.0. The van der Waals surface area contributed by atoms with E-state index in [0.29, 0.717) is 36.6 Å². The van der Waals surface area contributed by atoms with Gasteiger partial charge in [0.25, 0.3) is 11.8 Å². The maximum Gasteiger partial charge on any atom is 0.265 e. The van der Waals surface area contributed by atoms with Crippen LogP contribution in [0.15, 0.2) is 42.5 Å². The third-order valence-corrected chi connectivity index (χ3v) is 4.73. The van der Waals surface area contributed by atoms with E-state index in [-0.39, 0.29) is 11.8 Å². The van der Waals surface area contributed by atoms with Crippen molar-refractivity contribution in [2.75, 3.05) is 25.6 Å². The minimum atomic E-state index is -0.659. The molecule has 6 heteroatoms. The fraction of sp³-hybridized carbons (Fsp3) is 0.391. The van der Waals surface area contributed by atoms with Crippen LogP contribution in [0.25, 0.3) is 0 Å². The minimum absolute atomic E-state index is 0.236. The first kappa shape index (κ1) is 22.4. The molecular weight excluding hydrogens is 368 g/mol. The van der Waals surface area contributed by atoms with Gasteiger partial charge in [-0.2, -0.15) is 0 Å². The zero-order chi connectivity index (χ0) is 21.2. The fourth-order valence-corrected chi connectivity index (χ4v) is 2.84. The third-order valence-electron chi connectivity index (χ3n) is 4.73. The van der Waals surface area contributed by atoms with E-state index in [1.807, 2.05) is 39.0 Å². The average Bonchev–Trinajstić information content (AvgIpc) is 2.72. The van der Waals surface area contributed by atoms with Gasteiger partial charge in [-0.1, -0.05) is 31.2 Å². The maximum atomic E-state index is 12.8. The molecule has 6 nitrogen and oxygen atoms in total. The van der Waals surface area contributed by atoms with Gasteiger partial charge in [-0.25, -0.2) is 0 Å². The number of hydrogen-bond acceptors (Lipinski definition) is 4. The number of ether oxygens (including phenoxy) is 2. The lowest BCUT2D eigenvalue weighted by atomic mass is 10.1. The lowest BCUT2D eigenvalue weighted by Crippen LogP contribution is -2.34. The van der Waals surface area contributed by atoms with Gasteiger partial charge in [0.2, 0.25) is 0 Å². The highest BCUT2D eigenvalue weighted by Gasteiger charge is 2.21. The Labute approximate surface area is 172 Å². The van der Waals surface area contributed by atoms with Crippen LogP contribution < -0.4 is 15.4 Å². The minimum Gasteiger partial charge on any atom is -0.480 e. The summed E-state index contributed by atoms with van der Waals surface area (Å²) in [6.45, 7) is 6.95. The highest BCUT2D eigenvalue weighted by molar-refractivity contribution is 6.04. The predicted octanol–water partition coefficient (Wildman–Crippen LogP) is 3.87. The van der Waals surface area contributed by atoms with Gasteiger partial charge in [0, 0.05) is 20.3 Å². The second-order valence-electron chi connectivity index (χ2n) is 6.85. The van der Waals surface area contributed by atoms with E-state index in [1.54, 1.807) is 31.4 Å². The maximum absolute atomic E-state index is 12.8. The highest BCUT2D eigenvalue weighted by atomic mass is 16.5. The number of anilines is 1. The van der Waals surface area contributed by atoms with Crippen molar-refractivity contribution >= 4 is 17.5 Å². The molecule has 0 heterocycles. The van der Waals surface area contributed by atoms with Crippen LogP contribution in [0.5, 0.6) is 5.75 Å². The van der Waals surface area contributed by atoms with Crippen LogP contribution in [0.4, 0.5) is 5.69 Å². The average molecular weight is 399 g/mol. The molecule has 0 saturated heterocycles. The smallest absolute Gasteiger partial charge is 0.265 e. The number of amides is 2. The Kier molecular flexibility index (Phi) is 8.68. The summed E-state index contributed by atoms with van der Waals surface area (Å²) in [7, 11) is 1.62. The van der Waals surface area contributed by atoms with Gasteiger partial charge < -0.3 is 20.1 Å². The van der Waals surface area contributed by atoms with Crippen molar-refractivity contribution in [3.8, 4) is 5.75 Å². The van der Waals surface area contributed by atoms with E-state index in [0.717, 1.165) is 17.5 Å². The second-order valence-corrected chi connectivity index (χ2v) is 6.85. The number of hydrogen-bond donors (Lipinski definition) is 2. The van der Waals surface area contributed by atoms with E-state index in [2.05, 4.69) is 10.6 Å². The molecule has 2 aromatic carbocycles. The molecule has 2 rings (SSSR count). The molecule has 2 aromatic rings. The Morgan fingerprint density at radius 2 is 1.83 bits per heavy atom. The molecule has 156 valence electrons. The number of carbonyl (C=O) groups excluding carboxylic acids is 2. The van der Waals surface area contributed by atoms with E-state index in [4.69, 9.17) is 9.47 Å². The summed E-state index contributed by atoms with van der Waals surface area (Å²) in [5.74, 6) is 0.171. The fourth-order valence-electron chi connectivity index (χ4n) is 2.84. The van der Waals surface area contributed by atoms with Crippen LogP contribution in [0.3, 0.4) is 0 Å². The van der Waals surface area contributed by atoms with E-state index < -0.39 is 6.10 Å². The van der Waals surface area contributed by atoms with Gasteiger partial charge in [-0.15, -0.1) is 0 Å². The van der Waals surface area contributed by atoms with Crippen LogP contribution in [0, 0.1) is 13.8 Å². The van der Waals surface area contributed by atoms with Crippen molar-refractivity contribution in [2.45, 2.75) is 39.7 Å². The first-order valence-corrected chi connectivity index (χ1v) is 9.87. The van der Waals surface area contributed by atoms with Crippen LogP contribution in [-0.4, -0.2) is 38.2 Å². The Bertz CT molecular complexity index is 835. The van der Waals surface area contributed by atoms with Gasteiger partial charge in [-0.3, -0.25) is 9.59 Å². The molecule has 29 heavy (non-hydrogen) atoms. The molecule has 2 amide bonds. The summed E-state index contributed by atoms with van der Waals surface area (Å²) in [5, 5.41) is 5.69. The zero-order valence-corrected chi connectivity index (χ0v) is 17.6. The quantitative estimate of drug-likeness (QED) is 0.596. The lowest BCUT2D eigenvalue weighted by molar-refractivity contribution is -0.122. The monoisotopic (exact) mass is 398 g/mol. The van der Waals surface area contributed by atoms with Crippen LogP contribution >= 0.6 is 0 Å². The molecule has 0 unspecified atom stereocenters. The molecule has 0 aromatic heterocycles. The number of benzene rings is 2. The lowest BCUT2D eigenvalue weighted by Gasteiger charge is -2.20. The van der Waals surface area contributed by atoms with E-state index >= 15 is 0 Å². The summed E-state index contributed by atoms with van der Waals surface area (Å²) in [6, 6.07) is 12.7. The summed E-state index contributed by atoms with van der Waals surface area (Å²) in [5.41, 5.74) is 2.99. The number of aryl methyl sites for hydroxylation is 1. The molecule has 0 radical (unpaired) electrons. The second kappa shape index (κ2) is 11.2. The van der Waals surface area contributed by atoms with Crippen molar-refractivity contribution < 1.29 is 19.1 Å². The summed E-state index contributed by atoms with van der Waals surface area (Å²) in [6.07, 6.45) is 0.566. The molecule has 0 fully saturated rings. The predicted molar refractivity (Wildman–Crippen MR) is 115 cm³/mol. The SMILES string of the molecule is CC[C@H](Oc1cccc(C)c1C)C(=O)Nc1ccccc1C(=O)NCCCOC.